The predicted octanol–water partition coefficient (Wildman–Crippen LogP) is 1.90. The van der Waals surface area contributed by atoms with Crippen molar-refractivity contribution in [1.29, 1.82) is 0 Å². The molecule has 62 valence electrons. The van der Waals surface area contributed by atoms with Crippen molar-refractivity contribution in [2.45, 2.75) is 32.8 Å². The van der Waals surface area contributed by atoms with Crippen molar-refractivity contribution in [2.75, 3.05) is 0 Å². The van der Waals surface area contributed by atoms with Crippen LogP contribution in [0.25, 0.3) is 0 Å². The third-order valence-corrected chi connectivity index (χ3v) is 1.40. The molecule has 1 rings (SSSR count). The number of furan rings is 1. The van der Waals surface area contributed by atoms with E-state index >= 15 is 0 Å². The maximum absolute atomic E-state index is 9.42. The van der Waals surface area contributed by atoms with E-state index in [9.17, 15) is 5.11 Å². The maximum Gasteiger partial charge on any atom is 0.107 e. The molecule has 0 radical (unpaired) electrons. The van der Waals surface area contributed by atoms with Crippen LogP contribution in [0.1, 0.15) is 25.4 Å². The fourth-order valence-corrected chi connectivity index (χ4v) is 1.01. The molecule has 0 fully saturated rings. The fourth-order valence-electron chi connectivity index (χ4n) is 1.01. The van der Waals surface area contributed by atoms with Crippen molar-refractivity contribution in [1.82, 2.24) is 0 Å². The Kier molecular flexibility index (Phi) is 2.05. The molecule has 0 aliphatic heterocycles. The molecule has 1 heterocycles. The smallest absolute Gasteiger partial charge is 0.107 e. The maximum atomic E-state index is 9.42. The summed E-state index contributed by atoms with van der Waals surface area (Å²) in [5.74, 6) is 1.74. The highest BCUT2D eigenvalue weighted by Gasteiger charge is 2.15. The molecular weight excluding hydrogens is 140 g/mol. The van der Waals surface area contributed by atoms with Gasteiger partial charge in [0.15, 0.2) is 0 Å². The molecule has 1 aromatic rings. The summed E-state index contributed by atoms with van der Waals surface area (Å²) < 4.78 is 5.30. The lowest BCUT2D eigenvalue weighted by atomic mass is 10.0. The molecule has 11 heavy (non-hydrogen) atoms. The van der Waals surface area contributed by atoms with Crippen molar-refractivity contribution in [2.24, 2.45) is 0 Å². The largest absolute Gasteiger partial charge is 0.466 e. The van der Waals surface area contributed by atoms with Gasteiger partial charge in [0.2, 0.25) is 0 Å². The van der Waals surface area contributed by atoms with Gasteiger partial charge < -0.3 is 9.52 Å². The zero-order valence-corrected chi connectivity index (χ0v) is 7.22. The summed E-state index contributed by atoms with van der Waals surface area (Å²) in [5.41, 5.74) is -0.676. The molecule has 0 aliphatic rings. The monoisotopic (exact) mass is 154 g/mol. The summed E-state index contributed by atoms with van der Waals surface area (Å²) in [6.07, 6.45) is 0.570. The van der Waals surface area contributed by atoms with Crippen molar-refractivity contribution < 1.29 is 9.52 Å². The molecule has 0 unspecified atom stereocenters. The van der Waals surface area contributed by atoms with E-state index in [2.05, 4.69) is 0 Å². The van der Waals surface area contributed by atoms with Crippen LogP contribution in [0, 0.1) is 6.92 Å². The summed E-state index contributed by atoms with van der Waals surface area (Å²) in [6, 6.07) is 3.80. The number of rotatable bonds is 2. The van der Waals surface area contributed by atoms with Gasteiger partial charge in [-0.3, -0.25) is 0 Å². The Morgan fingerprint density at radius 3 is 2.45 bits per heavy atom. The molecule has 0 spiro atoms. The summed E-state index contributed by atoms with van der Waals surface area (Å²) in [7, 11) is 0. The summed E-state index contributed by atoms with van der Waals surface area (Å²) in [4.78, 5) is 0. The Morgan fingerprint density at radius 2 is 2.09 bits per heavy atom. The van der Waals surface area contributed by atoms with Crippen LogP contribution < -0.4 is 0 Å². The van der Waals surface area contributed by atoms with Crippen molar-refractivity contribution in [3.63, 3.8) is 0 Å². The average Bonchev–Trinajstić information content (AvgIpc) is 2.10. The summed E-state index contributed by atoms with van der Waals surface area (Å²) >= 11 is 0. The van der Waals surface area contributed by atoms with Gasteiger partial charge in [-0.2, -0.15) is 0 Å². The van der Waals surface area contributed by atoms with Gasteiger partial charge in [-0.05, 0) is 32.9 Å². The quantitative estimate of drug-likeness (QED) is 0.705. The van der Waals surface area contributed by atoms with E-state index in [1.54, 1.807) is 13.8 Å². The highest BCUT2D eigenvalue weighted by atomic mass is 16.3. The van der Waals surface area contributed by atoms with Crippen LogP contribution in [0.15, 0.2) is 16.5 Å². The van der Waals surface area contributed by atoms with Gasteiger partial charge in [0.05, 0.1) is 5.60 Å². The molecule has 1 N–H and O–H groups in total. The normalized spacial score (nSPS) is 12.0. The van der Waals surface area contributed by atoms with Gasteiger partial charge in [-0.25, -0.2) is 0 Å². The van der Waals surface area contributed by atoms with E-state index in [1.807, 2.05) is 19.1 Å². The zero-order chi connectivity index (χ0) is 8.48. The fraction of sp³-hybridized carbons (Fsp3) is 0.556. The molecule has 0 atom stereocenters. The first-order valence-corrected chi connectivity index (χ1v) is 3.75. The first-order chi connectivity index (χ1) is 4.97. The second kappa shape index (κ2) is 2.70. The van der Waals surface area contributed by atoms with Crippen LogP contribution in [-0.4, -0.2) is 10.7 Å². The third-order valence-electron chi connectivity index (χ3n) is 1.40. The molecule has 0 bridgehead atoms. The van der Waals surface area contributed by atoms with Gasteiger partial charge in [-0.1, -0.05) is 0 Å². The Balaban J connectivity index is 2.65. The minimum Gasteiger partial charge on any atom is -0.466 e. The summed E-state index contributed by atoms with van der Waals surface area (Å²) in [6.45, 7) is 5.43. The van der Waals surface area contributed by atoms with Crippen molar-refractivity contribution >= 4 is 0 Å². The molecule has 0 saturated carbocycles. The third kappa shape index (κ3) is 2.76. The van der Waals surface area contributed by atoms with E-state index in [1.165, 1.54) is 0 Å². The Bertz CT molecular complexity index is 230. The van der Waals surface area contributed by atoms with Crippen molar-refractivity contribution in [3.05, 3.63) is 23.7 Å². The molecule has 0 saturated heterocycles. The Morgan fingerprint density at radius 1 is 1.45 bits per heavy atom. The Hall–Kier alpha value is -0.760. The first kappa shape index (κ1) is 8.34. The number of aryl methyl sites for hydroxylation is 1. The van der Waals surface area contributed by atoms with Gasteiger partial charge in [0.1, 0.15) is 11.5 Å². The first-order valence-electron chi connectivity index (χ1n) is 3.75. The van der Waals surface area contributed by atoms with Crippen molar-refractivity contribution in [3.8, 4) is 0 Å². The van der Waals surface area contributed by atoms with Gasteiger partial charge >= 0.3 is 0 Å². The van der Waals surface area contributed by atoms with E-state index in [0.717, 1.165) is 11.5 Å². The lowest BCUT2D eigenvalue weighted by Gasteiger charge is -2.14. The number of hydrogen-bond acceptors (Lipinski definition) is 2. The second-order valence-electron chi connectivity index (χ2n) is 3.50. The molecule has 2 nitrogen and oxygen atoms in total. The van der Waals surface area contributed by atoms with Gasteiger partial charge in [0.25, 0.3) is 0 Å². The van der Waals surface area contributed by atoms with Crippen LogP contribution in [0.2, 0.25) is 0 Å². The highest BCUT2D eigenvalue weighted by Crippen LogP contribution is 2.14. The zero-order valence-electron chi connectivity index (χ0n) is 7.22. The topological polar surface area (TPSA) is 33.4 Å². The second-order valence-corrected chi connectivity index (χ2v) is 3.50. The molecule has 0 amide bonds. The van der Waals surface area contributed by atoms with Crippen LogP contribution in [0.5, 0.6) is 0 Å². The SMILES string of the molecule is Cc1ccc(CC(C)(C)O)o1. The van der Waals surface area contributed by atoms with E-state index < -0.39 is 5.60 Å². The lowest BCUT2D eigenvalue weighted by molar-refractivity contribution is 0.0750. The average molecular weight is 154 g/mol. The van der Waals surface area contributed by atoms with E-state index in [4.69, 9.17) is 4.42 Å². The molecule has 0 aliphatic carbocycles. The standard InChI is InChI=1S/C9H14O2/c1-7-4-5-8(11-7)6-9(2,3)10/h4-5,10H,6H2,1-3H3. The molecule has 2 heteroatoms. The number of hydrogen-bond donors (Lipinski definition) is 1. The van der Waals surface area contributed by atoms with Crippen LogP contribution in [-0.2, 0) is 6.42 Å². The van der Waals surface area contributed by atoms with Crippen LogP contribution >= 0.6 is 0 Å². The van der Waals surface area contributed by atoms with Gasteiger partial charge in [0, 0.05) is 6.42 Å². The van der Waals surface area contributed by atoms with Crippen LogP contribution in [0.3, 0.4) is 0 Å². The molecule has 1 aromatic heterocycles. The highest BCUT2D eigenvalue weighted by molar-refractivity contribution is 5.07. The minimum atomic E-state index is -0.676. The van der Waals surface area contributed by atoms with E-state index in [0.29, 0.717) is 6.42 Å². The minimum absolute atomic E-state index is 0.570. The Labute approximate surface area is 66.8 Å². The summed E-state index contributed by atoms with van der Waals surface area (Å²) in [5, 5.41) is 9.42. The lowest BCUT2D eigenvalue weighted by Crippen LogP contribution is -2.21. The van der Waals surface area contributed by atoms with Crippen LogP contribution in [0.4, 0.5) is 0 Å². The molecular formula is C9H14O2. The number of aliphatic hydroxyl groups is 1. The van der Waals surface area contributed by atoms with E-state index in [-0.39, 0.29) is 0 Å². The predicted molar refractivity (Wildman–Crippen MR) is 43.4 cm³/mol. The molecule has 0 aromatic carbocycles. The van der Waals surface area contributed by atoms with Gasteiger partial charge in [-0.15, -0.1) is 0 Å².